The van der Waals surface area contributed by atoms with E-state index in [0.717, 1.165) is 36.6 Å². The third-order valence-electron chi connectivity index (χ3n) is 7.84. The van der Waals surface area contributed by atoms with Gasteiger partial charge in [0.1, 0.15) is 5.75 Å². The maximum atomic E-state index is 12.7. The van der Waals surface area contributed by atoms with Crippen LogP contribution in [0.25, 0.3) is 11.1 Å². The zero-order chi connectivity index (χ0) is 21.1. The smallest absolute Gasteiger partial charge is 0.420 e. The van der Waals surface area contributed by atoms with Crippen molar-refractivity contribution in [3.05, 3.63) is 28.7 Å². The van der Waals surface area contributed by atoms with Gasteiger partial charge in [0, 0.05) is 18.7 Å². The molecule has 5 heteroatoms. The molecule has 4 rings (SSSR count). The molecule has 0 spiro atoms. The first kappa shape index (κ1) is 21.5. The van der Waals surface area contributed by atoms with Crippen LogP contribution in [0.15, 0.2) is 27.4 Å². The summed E-state index contributed by atoms with van der Waals surface area (Å²) >= 11 is 0. The van der Waals surface area contributed by atoms with Crippen LogP contribution in [0.2, 0.25) is 0 Å². The second kappa shape index (κ2) is 9.17. The predicted octanol–water partition coefficient (Wildman–Crippen LogP) is 6.10. The lowest BCUT2D eigenvalue weighted by Crippen LogP contribution is -2.36. The lowest BCUT2D eigenvalue weighted by Gasteiger charge is -2.44. The number of hydrogen-bond donors (Lipinski definition) is 0. The van der Waals surface area contributed by atoms with Crippen LogP contribution in [0.5, 0.6) is 5.75 Å². The molecule has 1 aromatic heterocycles. The van der Waals surface area contributed by atoms with Crippen LogP contribution in [0, 0.1) is 11.3 Å². The Morgan fingerprint density at radius 3 is 2.60 bits per heavy atom. The molecule has 0 amide bonds. The predicted molar refractivity (Wildman–Crippen MR) is 119 cm³/mol. The number of rotatable bonds is 5. The molecule has 30 heavy (non-hydrogen) atoms. The summed E-state index contributed by atoms with van der Waals surface area (Å²) in [4.78, 5) is 12.7. The van der Waals surface area contributed by atoms with Crippen molar-refractivity contribution in [1.82, 2.24) is 4.57 Å². The third-order valence-corrected chi connectivity index (χ3v) is 7.84. The van der Waals surface area contributed by atoms with E-state index in [4.69, 9.17) is 13.9 Å². The Morgan fingerprint density at radius 2 is 1.87 bits per heavy atom. The van der Waals surface area contributed by atoms with Crippen molar-refractivity contribution in [3.8, 4) is 5.75 Å². The van der Waals surface area contributed by atoms with Crippen LogP contribution in [-0.4, -0.2) is 24.4 Å². The van der Waals surface area contributed by atoms with E-state index in [9.17, 15) is 4.79 Å². The zero-order valence-corrected chi connectivity index (χ0v) is 18.8. The van der Waals surface area contributed by atoms with Crippen molar-refractivity contribution in [1.29, 1.82) is 0 Å². The van der Waals surface area contributed by atoms with Gasteiger partial charge < -0.3 is 13.9 Å². The highest BCUT2D eigenvalue weighted by Crippen LogP contribution is 2.48. The van der Waals surface area contributed by atoms with Crippen LogP contribution in [0.3, 0.4) is 0 Å². The molecule has 2 saturated carbocycles. The van der Waals surface area contributed by atoms with Crippen molar-refractivity contribution in [2.45, 2.75) is 90.2 Å². The van der Waals surface area contributed by atoms with Crippen LogP contribution in [0.1, 0.15) is 84.1 Å². The molecule has 0 radical (unpaired) electrons. The summed E-state index contributed by atoms with van der Waals surface area (Å²) < 4.78 is 18.7. The number of fused-ring (bicyclic) bond motifs is 1. The van der Waals surface area contributed by atoms with E-state index in [1.807, 2.05) is 22.8 Å². The molecule has 5 nitrogen and oxygen atoms in total. The normalized spacial score (nSPS) is 30.7. The Labute approximate surface area is 179 Å². The Bertz CT molecular complexity index is 890. The standard InChI is InChI=1S/C25H37NO4/c1-4-29-20-13-15-25(2,16-14-20)18-7-5-6-8-19(10-9-18)26-22-17-21(28-3)11-12-23(22)30-24(26)27/h11-12,17-20H,4-10,13-16H2,1-3H3. The fraction of sp³-hybridized carbons (Fsp3) is 0.720. The molecule has 0 bridgehead atoms. The van der Waals surface area contributed by atoms with Gasteiger partial charge in [0.05, 0.1) is 18.7 Å². The Hall–Kier alpha value is -1.75. The molecule has 0 N–H and O–H groups in total. The first-order valence-electron chi connectivity index (χ1n) is 11.8. The van der Waals surface area contributed by atoms with Gasteiger partial charge in [-0.05, 0) is 81.8 Å². The molecule has 2 unspecified atom stereocenters. The molecule has 2 aliphatic rings. The van der Waals surface area contributed by atoms with E-state index in [1.165, 1.54) is 51.4 Å². The van der Waals surface area contributed by atoms with Gasteiger partial charge >= 0.3 is 5.76 Å². The Kier molecular flexibility index (Phi) is 6.57. The highest BCUT2D eigenvalue weighted by Gasteiger charge is 2.38. The van der Waals surface area contributed by atoms with Gasteiger partial charge in [-0.15, -0.1) is 0 Å². The second-order valence-electron chi connectivity index (χ2n) is 9.59. The minimum atomic E-state index is -0.233. The first-order valence-corrected chi connectivity index (χ1v) is 11.8. The number of oxazole rings is 1. The minimum Gasteiger partial charge on any atom is -0.497 e. The lowest BCUT2D eigenvalue weighted by molar-refractivity contribution is -0.0158. The fourth-order valence-electron chi connectivity index (χ4n) is 5.96. The molecule has 2 fully saturated rings. The molecule has 2 aliphatic carbocycles. The van der Waals surface area contributed by atoms with E-state index >= 15 is 0 Å². The van der Waals surface area contributed by atoms with E-state index in [0.29, 0.717) is 17.1 Å². The van der Waals surface area contributed by atoms with Crippen LogP contribution in [-0.2, 0) is 4.74 Å². The first-order chi connectivity index (χ1) is 14.5. The maximum Gasteiger partial charge on any atom is 0.420 e. The summed E-state index contributed by atoms with van der Waals surface area (Å²) in [5.41, 5.74) is 1.92. The Morgan fingerprint density at radius 1 is 1.10 bits per heavy atom. The summed E-state index contributed by atoms with van der Waals surface area (Å²) in [5.74, 6) is 1.26. The summed E-state index contributed by atoms with van der Waals surface area (Å²) in [6.07, 6.45) is 12.4. The van der Waals surface area contributed by atoms with Crippen molar-refractivity contribution >= 4 is 11.1 Å². The second-order valence-corrected chi connectivity index (χ2v) is 9.59. The van der Waals surface area contributed by atoms with Crippen LogP contribution < -0.4 is 10.5 Å². The largest absolute Gasteiger partial charge is 0.497 e. The molecular formula is C25H37NO4. The number of hydrogen-bond acceptors (Lipinski definition) is 4. The zero-order valence-electron chi connectivity index (χ0n) is 18.8. The van der Waals surface area contributed by atoms with Gasteiger partial charge in [0.15, 0.2) is 5.58 Å². The van der Waals surface area contributed by atoms with E-state index in [-0.39, 0.29) is 11.8 Å². The third kappa shape index (κ3) is 4.32. The van der Waals surface area contributed by atoms with Crippen molar-refractivity contribution in [2.75, 3.05) is 13.7 Å². The van der Waals surface area contributed by atoms with E-state index in [2.05, 4.69) is 13.8 Å². The molecule has 166 valence electrons. The SMILES string of the molecule is CCOC1CCC(C)(C2CCCCC(n3c(=O)oc4ccc(OC)cc43)CC2)CC1. The number of aromatic nitrogens is 1. The molecule has 1 aromatic carbocycles. The number of nitrogens with zero attached hydrogens (tertiary/aromatic N) is 1. The summed E-state index contributed by atoms with van der Waals surface area (Å²) in [6, 6.07) is 5.84. The highest BCUT2D eigenvalue weighted by atomic mass is 16.5. The van der Waals surface area contributed by atoms with Crippen LogP contribution in [0.4, 0.5) is 0 Å². The molecule has 2 aromatic rings. The Balaban J connectivity index is 1.51. The van der Waals surface area contributed by atoms with Gasteiger partial charge in [-0.25, -0.2) is 4.79 Å². The molecule has 2 atom stereocenters. The van der Waals surface area contributed by atoms with E-state index in [1.54, 1.807) is 7.11 Å². The summed E-state index contributed by atoms with van der Waals surface area (Å²) in [6.45, 7) is 5.42. The van der Waals surface area contributed by atoms with Crippen molar-refractivity contribution < 1.29 is 13.9 Å². The summed E-state index contributed by atoms with van der Waals surface area (Å²) in [5, 5.41) is 0. The molecule has 0 saturated heterocycles. The topological polar surface area (TPSA) is 53.6 Å². The maximum absolute atomic E-state index is 12.7. The van der Waals surface area contributed by atoms with Gasteiger partial charge in [-0.1, -0.05) is 19.8 Å². The van der Waals surface area contributed by atoms with Gasteiger partial charge in [-0.3, -0.25) is 4.57 Å². The van der Waals surface area contributed by atoms with Crippen molar-refractivity contribution in [3.63, 3.8) is 0 Å². The average molecular weight is 416 g/mol. The quantitative estimate of drug-likeness (QED) is 0.592. The van der Waals surface area contributed by atoms with Gasteiger partial charge in [-0.2, -0.15) is 0 Å². The highest BCUT2D eigenvalue weighted by molar-refractivity contribution is 5.75. The molecule has 1 heterocycles. The van der Waals surface area contributed by atoms with Crippen molar-refractivity contribution in [2.24, 2.45) is 11.3 Å². The minimum absolute atomic E-state index is 0.206. The monoisotopic (exact) mass is 415 g/mol. The van der Waals surface area contributed by atoms with Gasteiger partial charge in [0.2, 0.25) is 0 Å². The number of methoxy groups -OCH3 is 1. The number of ether oxygens (including phenoxy) is 2. The van der Waals surface area contributed by atoms with Crippen LogP contribution >= 0.6 is 0 Å². The number of benzene rings is 1. The van der Waals surface area contributed by atoms with E-state index < -0.39 is 0 Å². The molecular weight excluding hydrogens is 378 g/mol. The summed E-state index contributed by atoms with van der Waals surface area (Å²) in [7, 11) is 1.66. The average Bonchev–Trinajstić information content (AvgIpc) is 3.05. The van der Waals surface area contributed by atoms with Gasteiger partial charge in [0.25, 0.3) is 0 Å². The fourth-order valence-corrected chi connectivity index (χ4v) is 5.96. The molecule has 0 aliphatic heterocycles. The lowest BCUT2D eigenvalue weighted by atomic mass is 9.63.